The van der Waals surface area contributed by atoms with Gasteiger partial charge >= 0.3 is 0 Å². The van der Waals surface area contributed by atoms with Gasteiger partial charge in [-0.05, 0) is 51.3 Å². The third-order valence-electron chi connectivity index (χ3n) is 7.64. The normalized spacial score (nSPS) is 27.0. The van der Waals surface area contributed by atoms with E-state index in [2.05, 4.69) is 21.3 Å². The molecule has 4 rings (SSSR count). The van der Waals surface area contributed by atoms with Gasteiger partial charge in [0.05, 0.1) is 18.0 Å². The molecular formula is C25H37N5O3. The van der Waals surface area contributed by atoms with Crippen molar-refractivity contribution in [3.8, 4) is 0 Å². The molecule has 8 heteroatoms. The van der Waals surface area contributed by atoms with E-state index >= 15 is 0 Å². The molecule has 0 bridgehead atoms. The number of rotatable bonds is 7. The Kier molecular flexibility index (Phi) is 7.65. The summed E-state index contributed by atoms with van der Waals surface area (Å²) in [4.78, 5) is 41.6. The Morgan fingerprint density at radius 3 is 2.48 bits per heavy atom. The standard InChI is InChI=1S/C25H37N5O3/c1-16(26-2)23(31)29-21(17-9-5-3-6-10-17)25(33)30-14-13-20-22(30)19(15-27-20)24(32)28-18-11-7-4-8-12-18/h4,7-8,11-12,16-17,19-22,26-27H,3,5-6,9-10,13-15H2,1-2H3,(H,28,32)(H,29,31)/t16-,19-,20+,21-,22?/m0/s1. The van der Waals surface area contributed by atoms with Crippen LogP contribution in [-0.4, -0.2) is 66.9 Å². The number of carbonyl (C=O) groups excluding carboxylic acids is 3. The van der Waals surface area contributed by atoms with E-state index in [1.807, 2.05) is 35.2 Å². The number of carbonyl (C=O) groups is 3. The molecule has 8 nitrogen and oxygen atoms in total. The highest BCUT2D eigenvalue weighted by atomic mass is 16.2. The molecule has 0 spiro atoms. The number of anilines is 1. The lowest BCUT2D eigenvalue weighted by Crippen LogP contribution is -2.58. The number of para-hydroxylation sites is 1. The Bertz CT molecular complexity index is 842. The van der Waals surface area contributed by atoms with Crippen LogP contribution in [0.15, 0.2) is 30.3 Å². The first-order valence-corrected chi connectivity index (χ1v) is 12.4. The fourth-order valence-corrected chi connectivity index (χ4v) is 5.63. The van der Waals surface area contributed by atoms with Crippen LogP contribution < -0.4 is 21.3 Å². The monoisotopic (exact) mass is 455 g/mol. The van der Waals surface area contributed by atoms with E-state index < -0.39 is 6.04 Å². The van der Waals surface area contributed by atoms with Crippen molar-refractivity contribution < 1.29 is 14.4 Å². The summed E-state index contributed by atoms with van der Waals surface area (Å²) in [6, 6.07) is 8.44. The van der Waals surface area contributed by atoms with Crippen LogP contribution in [0.4, 0.5) is 5.69 Å². The molecule has 1 aromatic rings. The molecule has 180 valence electrons. The lowest BCUT2D eigenvalue weighted by molar-refractivity contribution is -0.140. The minimum Gasteiger partial charge on any atom is -0.343 e. The molecule has 1 saturated carbocycles. The van der Waals surface area contributed by atoms with E-state index in [-0.39, 0.29) is 47.7 Å². The zero-order chi connectivity index (χ0) is 23.4. The van der Waals surface area contributed by atoms with Crippen molar-refractivity contribution in [3.63, 3.8) is 0 Å². The smallest absolute Gasteiger partial charge is 0.245 e. The highest BCUT2D eigenvalue weighted by Gasteiger charge is 2.50. The number of hydrogen-bond donors (Lipinski definition) is 4. The molecule has 2 heterocycles. The first-order chi connectivity index (χ1) is 16.0. The lowest BCUT2D eigenvalue weighted by atomic mass is 9.83. The quantitative estimate of drug-likeness (QED) is 0.499. The number of amides is 3. The van der Waals surface area contributed by atoms with Crippen molar-refractivity contribution >= 4 is 23.4 Å². The topological polar surface area (TPSA) is 103 Å². The maximum atomic E-state index is 13.9. The number of likely N-dealkylation sites (tertiary alicyclic amines) is 1. The molecule has 2 saturated heterocycles. The van der Waals surface area contributed by atoms with Gasteiger partial charge in [0.1, 0.15) is 6.04 Å². The molecule has 3 amide bonds. The van der Waals surface area contributed by atoms with Crippen molar-refractivity contribution in [2.45, 2.75) is 69.6 Å². The number of fused-ring (bicyclic) bond motifs is 1. The van der Waals surface area contributed by atoms with E-state index in [1.165, 1.54) is 6.42 Å². The van der Waals surface area contributed by atoms with Gasteiger partial charge in [-0.15, -0.1) is 0 Å². The number of nitrogens with zero attached hydrogens (tertiary/aromatic N) is 1. The SMILES string of the molecule is CN[C@@H](C)C(=O)N[C@H](C(=O)N1CC[C@H]2NC[C@H](C(=O)Nc3ccccc3)C21)C1CCCCC1. The van der Waals surface area contributed by atoms with Gasteiger partial charge in [-0.3, -0.25) is 14.4 Å². The van der Waals surface area contributed by atoms with Gasteiger partial charge in [0, 0.05) is 24.8 Å². The molecule has 4 N–H and O–H groups in total. The minimum atomic E-state index is -0.536. The summed E-state index contributed by atoms with van der Waals surface area (Å²) < 4.78 is 0. The number of benzene rings is 1. The van der Waals surface area contributed by atoms with Crippen LogP contribution in [0.25, 0.3) is 0 Å². The largest absolute Gasteiger partial charge is 0.343 e. The van der Waals surface area contributed by atoms with E-state index in [9.17, 15) is 14.4 Å². The minimum absolute atomic E-state index is 0.0349. The number of hydrogen-bond acceptors (Lipinski definition) is 5. The van der Waals surface area contributed by atoms with Crippen LogP contribution >= 0.6 is 0 Å². The highest BCUT2D eigenvalue weighted by Crippen LogP contribution is 2.34. The van der Waals surface area contributed by atoms with Crippen molar-refractivity contribution in [1.29, 1.82) is 0 Å². The molecule has 0 aromatic heterocycles. The predicted molar refractivity (Wildman–Crippen MR) is 127 cm³/mol. The third kappa shape index (κ3) is 5.22. The summed E-state index contributed by atoms with van der Waals surface area (Å²) in [5, 5.41) is 12.5. The molecule has 33 heavy (non-hydrogen) atoms. The van der Waals surface area contributed by atoms with Crippen LogP contribution in [0.1, 0.15) is 45.4 Å². The Labute approximate surface area is 196 Å². The average Bonchev–Trinajstić information content (AvgIpc) is 3.45. The average molecular weight is 456 g/mol. The van der Waals surface area contributed by atoms with Crippen LogP contribution in [0.2, 0.25) is 0 Å². The molecule has 2 aliphatic heterocycles. The molecule has 5 atom stereocenters. The van der Waals surface area contributed by atoms with Crippen molar-refractivity contribution in [1.82, 2.24) is 20.9 Å². The molecule has 3 fully saturated rings. The van der Waals surface area contributed by atoms with Crippen molar-refractivity contribution in [3.05, 3.63) is 30.3 Å². The predicted octanol–water partition coefficient (Wildman–Crippen LogP) is 1.49. The molecule has 1 aromatic carbocycles. The summed E-state index contributed by atoms with van der Waals surface area (Å²) >= 11 is 0. The molecule has 0 radical (unpaired) electrons. The van der Waals surface area contributed by atoms with Gasteiger partial charge < -0.3 is 26.2 Å². The Hall–Kier alpha value is -2.45. The fraction of sp³-hybridized carbons (Fsp3) is 0.640. The lowest BCUT2D eigenvalue weighted by Gasteiger charge is -2.36. The number of likely N-dealkylation sites (N-methyl/N-ethyl adjacent to an activating group) is 1. The van der Waals surface area contributed by atoms with Gasteiger partial charge in [0.25, 0.3) is 0 Å². The first kappa shape index (κ1) is 23.7. The summed E-state index contributed by atoms with van der Waals surface area (Å²) in [6.07, 6.45) is 6.07. The van der Waals surface area contributed by atoms with E-state index in [0.29, 0.717) is 13.1 Å². The molecule has 1 aliphatic carbocycles. The van der Waals surface area contributed by atoms with Crippen LogP contribution in [0, 0.1) is 11.8 Å². The molecule has 3 aliphatic rings. The van der Waals surface area contributed by atoms with Crippen molar-refractivity contribution in [2.75, 3.05) is 25.5 Å². The van der Waals surface area contributed by atoms with E-state index in [4.69, 9.17) is 0 Å². The van der Waals surface area contributed by atoms with E-state index in [1.54, 1.807) is 14.0 Å². The maximum Gasteiger partial charge on any atom is 0.245 e. The fourth-order valence-electron chi connectivity index (χ4n) is 5.63. The summed E-state index contributed by atoms with van der Waals surface area (Å²) in [5.74, 6) is -0.430. The maximum absolute atomic E-state index is 13.9. The molecular weight excluding hydrogens is 418 g/mol. The first-order valence-electron chi connectivity index (χ1n) is 12.4. The van der Waals surface area contributed by atoms with E-state index in [0.717, 1.165) is 37.8 Å². The van der Waals surface area contributed by atoms with Gasteiger partial charge in [-0.1, -0.05) is 37.5 Å². The summed E-state index contributed by atoms with van der Waals surface area (Å²) in [6.45, 7) is 2.96. The second kappa shape index (κ2) is 10.7. The van der Waals surface area contributed by atoms with Gasteiger partial charge in [-0.25, -0.2) is 0 Å². The highest BCUT2D eigenvalue weighted by molar-refractivity contribution is 5.95. The zero-order valence-electron chi connectivity index (χ0n) is 19.7. The second-order valence-corrected chi connectivity index (χ2v) is 9.68. The summed E-state index contributed by atoms with van der Waals surface area (Å²) in [5.41, 5.74) is 0.759. The van der Waals surface area contributed by atoms with Crippen molar-refractivity contribution in [2.24, 2.45) is 11.8 Å². The Balaban J connectivity index is 1.51. The van der Waals surface area contributed by atoms with Crippen LogP contribution in [0.3, 0.4) is 0 Å². The third-order valence-corrected chi connectivity index (χ3v) is 7.64. The number of nitrogens with one attached hydrogen (secondary N) is 4. The van der Waals surface area contributed by atoms with Crippen LogP contribution in [-0.2, 0) is 14.4 Å². The van der Waals surface area contributed by atoms with Gasteiger partial charge in [-0.2, -0.15) is 0 Å². The zero-order valence-corrected chi connectivity index (χ0v) is 19.7. The van der Waals surface area contributed by atoms with Gasteiger partial charge in [0.15, 0.2) is 0 Å². The summed E-state index contributed by atoms with van der Waals surface area (Å²) in [7, 11) is 1.74. The molecule has 1 unspecified atom stereocenters. The van der Waals surface area contributed by atoms with Crippen LogP contribution in [0.5, 0.6) is 0 Å². The van der Waals surface area contributed by atoms with Gasteiger partial charge in [0.2, 0.25) is 17.7 Å². The Morgan fingerprint density at radius 1 is 1.06 bits per heavy atom. The second-order valence-electron chi connectivity index (χ2n) is 9.68. The Morgan fingerprint density at radius 2 is 1.79 bits per heavy atom.